The fourth-order valence-electron chi connectivity index (χ4n) is 5.68. The Labute approximate surface area is 201 Å². The summed E-state index contributed by atoms with van der Waals surface area (Å²) in [4.78, 5) is 0. The molecular weight excluding hydrogens is 432 g/mol. The molecule has 0 aromatic heterocycles. The molecule has 1 aromatic carbocycles. The van der Waals surface area contributed by atoms with E-state index in [0.29, 0.717) is 5.75 Å². The molecule has 6 heteroatoms. The van der Waals surface area contributed by atoms with Gasteiger partial charge in [0.1, 0.15) is 18.0 Å². The lowest BCUT2D eigenvalue weighted by Gasteiger charge is -2.53. The summed E-state index contributed by atoms with van der Waals surface area (Å²) in [5.41, 5.74) is 3.81. The van der Waals surface area contributed by atoms with E-state index in [0.717, 1.165) is 17.5 Å². The third-order valence-corrected chi connectivity index (χ3v) is 13.1. The van der Waals surface area contributed by atoms with Crippen LogP contribution in [0.4, 0.5) is 0 Å². The molecule has 3 rings (SSSR count). The van der Waals surface area contributed by atoms with E-state index in [1.54, 1.807) is 21.3 Å². The zero-order valence-corrected chi connectivity index (χ0v) is 23.4. The normalized spacial score (nSPS) is 29.9. The molecule has 0 amide bonds. The Hall–Kier alpha value is -1.18. The smallest absolute Gasteiger partial charge is 0.192 e. The second-order valence-electron chi connectivity index (χ2n) is 11.7. The van der Waals surface area contributed by atoms with Crippen LogP contribution in [0.25, 0.3) is 0 Å². The Bertz CT molecular complexity index is 898. The minimum atomic E-state index is -2.04. The van der Waals surface area contributed by atoms with Crippen LogP contribution in [0.5, 0.6) is 5.75 Å². The molecule has 5 nitrogen and oxygen atoms in total. The number of methoxy groups -OCH3 is 3. The number of aliphatic hydroxyl groups is 1. The van der Waals surface area contributed by atoms with Crippen LogP contribution < -0.4 is 4.74 Å². The first-order valence-electron chi connectivity index (χ1n) is 12.0. The van der Waals surface area contributed by atoms with E-state index in [-0.39, 0.29) is 34.7 Å². The Morgan fingerprint density at radius 2 is 1.64 bits per heavy atom. The molecule has 0 saturated heterocycles. The Morgan fingerprint density at radius 3 is 2.15 bits per heavy atom. The van der Waals surface area contributed by atoms with Crippen LogP contribution >= 0.6 is 0 Å². The fourth-order valence-corrected chi connectivity index (χ4v) is 7.02. The van der Waals surface area contributed by atoms with Crippen molar-refractivity contribution < 1.29 is 23.7 Å². The summed E-state index contributed by atoms with van der Waals surface area (Å²) in [7, 11) is 3.07. The fraction of sp³-hybridized carbons (Fsp3) is 0.704. The number of ether oxygens (including phenoxy) is 3. The first kappa shape index (κ1) is 26.4. The van der Waals surface area contributed by atoms with Gasteiger partial charge in [0.05, 0.1) is 19.3 Å². The lowest BCUT2D eigenvalue weighted by atomic mass is 9.58. The van der Waals surface area contributed by atoms with Crippen molar-refractivity contribution in [3.63, 3.8) is 0 Å². The standard InChI is InChI=1S/C27H44O5Si/c1-16-20(32-33(10,11)26(2,3)4)15-18-23(28)21-17(13-12-14-19(21)29-7)24(30-8)25(31-9)22(16)27(18,5)6/h12-14,18,20,23-25,28H,15H2,1-11H3/t18-,20-,23+,24+,25+/m0/s1. The van der Waals surface area contributed by atoms with Gasteiger partial charge in [-0.2, -0.15) is 0 Å². The lowest BCUT2D eigenvalue weighted by molar-refractivity contribution is -0.0630. The average molecular weight is 477 g/mol. The SMILES string of the molecule is COc1cccc2c1[C@H](O)[C@@H]1C[C@H](O[Si](C)(C)C(C)(C)C)C(C)=C([C@@H](OC)[C@@H]2OC)C1(C)C. The predicted octanol–water partition coefficient (Wildman–Crippen LogP) is 6.20. The topological polar surface area (TPSA) is 57.2 Å². The van der Waals surface area contributed by atoms with E-state index >= 15 is 0 Å². The molecule has 0 heterocycles. The molecule has 0 unspecified atom stereocenters. The average Bonchev–Trinajstić information content (AvgIpc) is 2.72. The monoisotopic (exact) mass is 476 g/mol. The first-order valence-corrected chi connectivity index (χ1v) is 14.9. The van der Waals surface area contributed by atoms with Crippen molar-refractivity contribution in [3.8, 4) is 5.75 Å². The molecule has 5 atom stereocenters. The van der Waals surface area contributed by atoms with E-state index in [1.165, 1.54) is 11.1 Å². The van der Waals surface area contributed by atoms with Crippen molar-refractivity contribution >= 4 is 8.32 Å². The van der Waals surface area contributed by atoms with Gasteiger partial charge >= 0.3 is 0 Å². The first-order chi connectivity index (χ1) is 15.2. The van der Waals surface area contributed by atoms with E-state index in [9.17, 15) is 5.11 Å². The molecule has 0 saturated carbocycles. The minimum Gasteiger partial charge on any atom is -0.496 e. The van der Waals surface area contributed by atoms with Gasteiger partial charge in [-0.25, -0.2) is 0 Å². The molecular formula is C27H44O5Si. The van der Waals surface area contributed by atoms with Crippen LogP contribution in [0.3, 0.4) is 0 Å². The van der Waals surface area contributed by atoms with Crippen LogP contribution in [0.1, 0.15) is 71.3 Å². The van der Waals surface area contributed by atoms with E-state index in [1.807, 2.05) is 18.2 Å². The third-order valence-electron chi connectivity index (χ3n) is 8.61. The number of rotatable bonds is 5. The number of hydrogen-bond acceptors (Lipinski definition) is 5. The van der Waals surface area contributed by atoms with Crippen molar-refractivity contribution in [2.75, 3.05) is 21.3 Å². The van der Waals surface area contributed by atoms with Crippen LogP contribution in [-0.4, -0.2) is 47.0 Å². The van der Waals surface area contributed by atoms with Gasteiger partial charge in [-0.15, -0.1) is 0 Å². The van der Waals surface area contributed by atoms with Crippen LogP contribution in [0.15, 0.2) is 29.3 Å². The highest BCUT2D eigenvalue weighted by molar-refractivity contribution is 6.74. The quantitative estimate of drug-likeness (QED) is 0.405. The maximum Gasteiger partial charge on any atom is 0.192 e. The zero-order valence-electron chi connectivity index (χ0n) is 22.4. The highest BCUT2D eigenvalue weighted by Crippen LogP contribution is 2.58. The summed E-state index contributed by atoms with van der Waals surface area (Å²) in [6.07, 6.45) is -0.694. The van der Waals surface area contributed by atoms with Crippen LogP contribution in [0.2, 0.25) is 18.1 Å². The molecule has 0 spiro atoms. The Morgan fingerprint density at radius 1 is 1.03 bits per heavy atom. The summed E-state index contributed by atoms with van der Waals surface area (Å²) in [6, 6.07) is 5.89. The molecule has 1 aromatic rings. The molecule has 0 fully saturated rings. The summed E-state index contributed by atoms with van der Waals surface area (Å²) < 4.78 is 25.0. The summed E-state index contributed by atoms with van der Waals surface area (Å²) in [6.45, 7) is 18.0. The summed E-state index contributed by atoms with van der Waals surface area (Å²) in [5.74, 6) is 0.626. The summed E-state index contributed by atoms with van der Waals surface area (Å²) >= 11 is 0. The number of hydrogen-bond donors (Lipinski definition) is 1. The van der Waals surface area contributed by atoms with Crippen LogP contribution in [-0.2, 0) is 13.9 Å². The second kappa shape index (κ2) is 9.12. The largest absolute Gasteiger partial charge is 0.496 e. The van der Waals surface area contributed by atoms with Gasteiger partial charge in [0.25, 0.3) is 0 Å². The minimum absolute atomic E-state index is 0.0588. The number of aliphatic hydroxyl groups excluding tert-OH is 1. The molecule has 186 valence electrons. The van der Waals surface area contributed by atoms with Crippen molar-refractivity contribution in [1.82, 2.24) is 0 Å². The lowest BCUT2D eigenvalue weighted by Crippen LogP contribution is -2.51. The highest BCUT2D eigenvalue weighted by atomic mass is 28.4. The highest BCUT2D eigenvalue weighted by Gasteiger charge is 2.53. The van der Waals surface area contributed by atoms with E-state index in [4.69, 9.17) is 18.6 Å². The maximum absolute atomic E-state index is 11.9. The van der Waals surface area contributed by atoms with Crippen LogP contribution in [0, 0.1) is 11.3 Å². The van der Waals surface area contributed by atoms with Crippen molar-refractivity contribution in [1.29, 1.82) is 0 Å². The second-order valence-corrected chi connectivity index (χ2v) is 16.5. The molecule has 0 aliphatic heterocycles. The van der Waals surface area contributed by atoms with Crippen molar-refractivity contribution in [2.45, 2.75) is 90.5 Å². The van der Waals surface area contributed by atoms with E-state index in [2.05, 4.69) is 54.6 Å². The van der Waals surface area contributed by atoms with Crippen molar-refractivity contribution in [3.05, 3.63) is 40.5 Å². The van der Waals surface area contributed by atoms with Gasteiger partial charge in [0.2, 0.25) is 0 Å². The Kier molecular flexibility index (Phi) is 7.30. The molecule has 2 aliphatic rings. The number of benzene rings is 1. The van der Waals surface area contributed by atoms with Gasteiger partial charge < -0.3 is 23.7 Å². The van der Waals surface area contributed by atoms with Gasteiger partial charge in [-0.3, -0.25) is 0 Å². The van der Waals surface area contributed by atoms with Gasteiger partial charge in [-0.1, -0.05) is 46.8 Å². The third kappa shape index (κ3) is 4.34. The van der Waals surface area contributed by atoms with E-state index < -0.39 is 14.4 Å². The van der Waals surface area contributed by atoms with Gasteiger partial charge in [0, 0.05) is 25.7 Å². The molecule has 2 bridgehead atoms. The molecule has 0 radical (unpaired) electrons. The van der Waals surface area contributed by atoms with Gasteiger partial charge in [-0.05, 0) is 59.7 Å². The van der Waals surface area contributed by atoms with Crippen molar-refractivity contribution in [2.24, 2.45) is 11.3 Å². The van der Waals surface area contributed by atoms with Gasteiger partial charge in [0.15, 0.2) is 8.32 Å². The number of fused-ring (bicyclic) bond motifs is 3. The molecule has 2 aliphatic carbocycles. The zero-order chi connectivity index (χ0) is 24.9. The summed E-state index contributed by atoms with van der Waals surface area (Å²) in [5, 5.41) is 12.0. The predicted molar refractivity (Wildman–Crippen MR) is 135 cm³/mol. The molecule has 33 heavy (non-hydrogen) atoms. The maximum atomic E-state index is 11.9. The molecule has 1 N–H and O–H groups in total. The Balaban J connectivity index is 2.28.